The molecule has 4 aromatic rings. The van der Waals surface area contributed by atoms with Crippen LogP contribution < -0.4 is 4.80 Å². The first kappa shape index (κ1) is 17.7. The first-order chi connectivity index (χ1) is 13.0. The number of hydrogen-bond donors (Lipinski definition) is 0. The van der Waals surface area contributed by atoms with Crippen molar-refractivity contribution in [1.29, 1.82) is 0 Å². The molecule has 136 valence electrons. The minimum Gasteiger partial charge on any atom is -0.311 e. The lowest BCUT2D eigenvalue weighted by Gasteiger charge is -2.06. The van der Waals surface area contributed by atoms with Crippen molar-refractivity contribution in [2.45, 2.75) is 18.4 Å². The molecule has 4 nitrogen and oxygen atoms in total. The second-order valence-electron chi connectivity index (χ2n) is 6.30. The number of para-hydroxylation sites is 1. The molecule has 3 aromatic carbocycles. The Bertz CT molecular complexity index is 1250. The van der Waals surface area contributed by atoms with E-state index in [9.17, 15) is 8.42 Å². The average molecular weight is 395 g/mol. The van der Waals surface area contributed by atoms with Gasteiger partial charge in [-0.05, 0) is 36.8 Å². The zero-order valence-electron chi connectivity index (χ0n) is 14.7. The zero-order valence-corrected chi connectivity index (χ0v) is 16.4. The summed E-state index contributed by atoms with van der Waals surface area (Å²) in [6.07, 6.45) is 0. The van der Waals surface area contributed by atoms with Crippen LogP contribution in [-0.4, -0.2) is 13.0 Å². The summed E-state index contributed by atoms with van der Waals surface area (Å²) in [6.45, 7) is 2.49. The van der Waals surface area contributed by atoms with Crippen molar-refractivity contribution >= 4 is 31.6 Å². The number of sulfonamides is 1. The van der Waals surface area contributed by atoms with E-state index in [4.69, 9.17) is 0 Å². The Morgan fingerprint density at radius 1 is 0.889 bits per heavy atom. The van der Waals surface area contributed by atoms with Gasteiger partial charge in [0.05, 0.1) is 21.7 Å². The van der Waals surface area contributed by atoms with Crippen LogP contribution in [0.25, 0.3) is 10.2 Å². The maximum atomic E-state index is 12.8. The molecule has 0 N–H and O–H groups in total. The van der Waals surface area contributed by atoms with Gasteiger partial charge >= 0.3 is 0 Å². The van der Waals surface area contributed by atoms with Crippen molar-refractivity contribution in [3.05, 3.63) is 94.8 Å². The molecule has 0 bridgehead atoms. The van der Waals surface area contributed by atoms with Crippen LogP contribution in [0.3, 0.4) is 0 Å². The highest BCUT2D eigenvalue weighted by Gasteiger charge is 2.14. The maximum Gasteiger partial charge on any atom is 0.285 e. The first-order valence-electron chi connectivity index (χ1n) is 8.53. The largest absolute Gasteiger partial charge is 0.311 e. The molecule has 0 fully saturated rings. The van der Waals surface area contributed by atoms with Gasteiger partial charge in [0.1, 0.15) is 0 Å². The number of thiazole rings is 1. The van der Waals surface area contributed by atoms with Crippen LogP contribution in [-0.2, 0) is 16.6 Å². The van der Waals surface area contributed by atoms with Crippen LogP contribution in [0, 0.1) is 6.92 Å². The monoisotopic (exact) mass is 394 g/mol. The summed E-state index contributed by atoms with van der Waals surface area (Å²) < 4.78 is 32.8. The number of aryl methyl sites for hydroxylation is 1. The van der Waals surface area contributed by atoms with Crippen LogP contribution in [0.4, 0.5) is 0 Å². The van der Waals surface area contributed by atoms with Crippen molar-refractivity contribution in [2.24, 2.45) is 4.40 Å². The summed E-state index contributed by atoms with van der Waals surface area (Å²) in [5.74, 6) is 0. The lowest BCUT2D eigenvalue weighted by atomic mass is 10.2. The smallest absolute Gasteiger partial charge is 0.285 e. The number of fused-ring (bicyclic) bond motifs is 1. The van der Waals surface area contributed by atoms with Gasteiger partial charge in [-0.15, -0.1) is 4.40 Å². The summed E-state index contributed by atoms with van der Waals surface area (Å²) in [6, 6.07) is 24.6. The highest BCUT2D eigenvalue weighted by molar-refractivity contribution is 7.90. The standard InChI is InChI=1S/C21H18N2O2S2/c1-16-11-13-18(14-12-16)27(24,25)22-21-23(15-17-7-3-2-4-8-17)19-9-5-6-10-20(19)26-21/h2-14H,15H2,1H3. The highest BCUT2D eigenvalue weighted by Crippen LogP contribution is 2.19. The Hall–Kier alpha value is -2.70. The van der Waals surface area contributed by atoms with E-state index in [1.807, 2.05) is 66.1 Å². The van der Waals surface area contributed by atoms with E-state index >= 15 is 0 Å². The van der Waals surface area contributed by atoms with E-state index in [2.05, 4.69) is 4.40 Å². The number of benzene rings is 3. The average Bonchev–Trinajstić information content (AvgIpc) is 2.99. The van der Waals surface area contributed by atoms with Gasteiger partial charge in [0.15, 0.2) is 0 Å². The topological polar surface area (TPSA) is 51.4 Å². The molecule has 0 saturated carbocycles. The van der Waals surface area contributed by atoms with Gasteiger partial charge in [-0.2, -0.15) is 8.42 Å². The molecule has 1 heterocycles. The molecule has 6 heteroatoms. The van der Waals surface area contributed by atoms with E-state index in [0.717, 1.165) is 21.3 Å². The molecule has 4 rings (SSSR count). The predicted molar refractivity (Wildman–Crippen MR) is 109 cm³/mol. The minimum absolute atomic E-state index is 0.205. The van der Waals surface area contributed by atoms with E-state index in [0.29, 0.717) is 11.3 Å². The van der Waals surface area contributed by atoms with E-state index < -0.39 is 10.0 Å². The molecule has 0 amide bonds. The molecule has 27 heavy (non-hydrogen) atoms. The lowest BCUT2D eigenvalue weighted by molar-refractivity contribution is 0.595. The molecule has 0 atom stereocenters. The van der Waals surface area contributed by atoms with Crippen LogP contribution in [0.15, 0.2) is 88.2 Å². The molecule has 0 radical (unpaired) electrons. The van der Waals surface area contributed by atoms with E-state index in [1.54, 1.807) is 24.3 Å². The molecule has 0 aliphatic rings. The normalized spacial score (nSPS) is 12.6. The molecule has 0 unspecified atom stereocenters. The Morgan fingerprint density at radius 3 is 2.30 bits per heavy atom. The summed E-state index contributed by atoms with van der Waals surface area (Å²) in [5, 5.41) is 0. The number of rotatable bonds is 4. The van der Waals surface area contributed by atoms with Gasteiger partial charge < -0.3 is 4.57 Å². The quantitative estimate of drug-likeness (QED) is 0.517. The maximum absolute atomic E-state index is 12.8. The lowest BCUT2D eigenvalue weighted by Crippen LogP contribution is -2.18. The summed E-state index contributed by atoms with van der Waals surface area (Å²) in [4.78, 5) is 0.678. The fourth-order valence-electron chi connectivity index (χ4n) is 2.88. The second kappa shape index (κ2) is 7.13. The van der Waals surface area contributed by atoms with Gasteiger partial charge in [0.25, 0.3) is 10.0 Å². The number of aromatic nitrogens is 1. The number of hydrogen-bond acceptors (Lipinski definition) is 3. The van der Waals surface area contributed by atoms with Crippen molar-refractivity contribution < 1.29 is 8.42 Å². The molecular weight excluding hydrogens is 376 g/mol. The summed E-state index contributed by atoms with van der Waals surface area (Å²) >= 11 is 1.38. The highest BCUT2D eigenvalue weighted by atomic mass is 32.2. The van der Waals surface area contributed by atoms with Gasteiger partial charge in [0.2, 0.25) is 4.80 Å². The van der Waals surface area contributed by atoms with Crippen molar-refractivity contribution in [1.82, 2.24) is 4.57 Å². The van der Waals surface area contributed by atoms with Gasteiger partial charge in [-0.1, -0.05) is 71.5 Å². The van der Waals surface area contributed by atoms with Crippen molar-refractivity contribution in [2.75, 3.05) is 0 Å². The van der Waals surface area contributed by atoms with Crippen LogP contribution in [0.5, 0.6) is 0 Å². The third-order valence-electron chi connectivity index (χ3n) is 4.29. The summed E-state index contributed by atoms with van der Waals surface area (Å²) in [7, 11) is -3.78. The Morgan fingerprint density at radius 2 is 1.56 bits per heavy atom. The Kier molecular flexibility index (Phi) is 4.68. The van der Waals surface area contributed by atoms with Crippen molar-refractivity contribution in [3.63, 3.8) is 0 Å². The van der Waals surface area contributed by atoms with Gasteiger partial charge in [-0.3, -0.25) is 0 Å². The zero-order chi connectivity index (χ0) is 18.9. The fraction of sp³-hybridized carbons (Fsp3) is 0.0952. The van der Waals surface area contributed by atoms with Crippen molar-refractivity contribution in [3.8, 4) is 0 Å². The molecule has 1 aromatic heterocycles. The Labute approximate surface area is 162 Å². The third-order valence-corrected chi connectivity index (χ3v) is 6.74. The van der Waals surface area contributed by atoms with Crippen LogP contribution in [0.2, 0.25) is 0 Å². The van der Waals surface area contributed by atoms with E-state index in [-0.39, 0.29) is 4.90 Å². The number of nitrogens with zero attached hydrogens (tertiary/aromatic N) is 2. The molecule has 0 aliphatic carbocycles. The minimum atomic E-state index is -3.78. The van der Waals surface area contributed by atoms with Gasteiger partial charge in [-0.25, -0.2) is 0 Å². The van der Waals surface area contributed by atoms with Crippen LogP contribution >= 0.6 is 11.3 Å². The molecular formula is C21H18N2O2S2. The first-order valence-corrected chi connectivity index (χ1v) is 10.8. The third kappa shape index (κ3) is 3.72. The molecule has 0 aliphatic heterocycles. The molecule has 0 saturated heterocycles. The fourth-order valence-corrected chi connectivity index (χ4v) is 5.11. The van der Waals surface area contributed by atoms with Gasteiger partial charge in [0, 0.05) is 0 Å². The van der Waals surface area contributed by atoms with Crippen LogP contribution in [0.1, 0.15) is 11.1 Å². The summed E-state index contributed by atoms with van der Waals surface area (Å²) in [5.41, 5.74) is 3.08. The van der Waals surface area contributed by atoms with E-state index in [1.165, 1.54) is 11.3 Å². The predicted octanol–water partition coefficient (Wildman–Crippen LogP) is 4.35. The second-order valence-corrected chi connectivity index (χ2v) is 8.92. The Balaban J connectivity index is 1.89. The SMILES string of the molecule is Cc1ccc(S(=O)(=O)N=c2sc3ccccc3n2Cc2ccccc2)cc1. The molecule has 0 spiro atoms.